The molecule has 1 saturated carbocycles. The minimum atomic E-state index is -0.702. The van der Waals surface area contributed by atoms with E-state index in [0.29, 0.717) is 11.6 Å². The predicted octanol–water partition coefficient (Wildman–Crippen LogP) is 1.36. The highest BCUT2D eigenvalue weighted by Gasteiger charge is 2.40. The quantitative estimate of drug-likeness (QED) is 0.829. The Hall–Kier alpha value is 0.0700. The molecule has 1 saturated heterocycles. The molecule has 17 heavy (non-hydrogen) atoms. The SMILES string of the molecule is CC1CNC2(CCCC2)CN1CC(C)S(C)=O. The van der Waals surface area contributed by atoms with Crippen molar-refractivity contribution in [2.24, 2.45) is 0 Å². The molecule has 2 fully saturated rings. The third kappa shape index (κ3) is 3.09. The van der Waals surface area contributed by atoms with Crippen LogP contribution in [0.4, 0.5) is 0 Å². The van der Waals surface area contributed by atoms with Crippen molar-refractivity contribution in [1.29, 1.82) is 0 Å². The summed E-state index contributed by atoms with van der Waals surface area (Å²) >= 11 is 0. The number of hydrogen-bond donors (Lipinski definition) is 1. The molecule has 0 radical (unpaired) electrons. The fourth-order valence-corrected chi connectivity index (χ4v) is 3.56. The lowest BCUT2D eigenvalue weighted by Crippen LogP contribution is -2.63. The van der Waals surface area contributed by atoms with Gasteiger partial charge in [-0.25, -0.2) is 0 Å². The van der Waals surface area contributed by atoms with E-state index in [1.54, 1.807) is 0 Å². The Labute approximate surface area is 108 Å². The van der Waals surface area contributed by atoms with Crippen LogP contribution < -0.4 is 5.32 Å². The maximum absolute atomic E-state index is 11.5. The zero-order valence-electron chi connectivity index (χ0n) is 11.4. The summed E-state index contributed by atoms with van der Waals surface area (Å²) in [7, 11) is -0.702. The standard InChI is InChI=1S/C13H26N2OS/c1-11-8-14-13(6-4-5-7-13)10-15(11)9-12(2)17(3)16/h11-12,14H,4-10H2,1-3H3. The van der Waals surface area contributed by atoms with Crippen molar-refractivity contribution in [3.05, 3.63) is 0 Å². The van der Waals surface area contributed by atoms with Crippen molar-refractivity contribution in [3.8, 4) is 0 Å². The second-order valence-electron chi connectivity index (χ2n) is 5.96. The van der Waals surface area contributed by atoms with E-state index >= 15 is 0 Å². The van der Waals surface area contributed by atoms with E-state index in [-0.39, 0.29) is 5.25 Å². The second-order valence-corrected chi connectivity index (χ2v) is 7.76. The summed E-state index contributed by atoms with van der Waals surface area (Å²) in [5, 5.41) is 4.05. The smallest absolute Gasteiger partial charge is 0.0444 e. The van der Waals surface area contributed by atoms with Gasteiger partial charge in [0.2, 0.25) is 0 Å². The number of nitrogens with zero attached hydrogens (tertiary/aromatic N) is 1. The maximum atomic E-state index is 11.5. The van der Waals surface area contributed by atoms with Crippen molar-refractivity contribution < 1.29 is 4.21 Å². The van der Waals surface area contributed by atoms with Gasteiger partial charge in [-0.05, 0) is 26.7 Å². The van der Waals surface area contributed by atoms with Gasteiger partial charge in [0.15, 0.2) is 0 Å². The molecule has 0 aromatic carbocycles. The summed E-state index contributed by atoms with van der Waals surface area (Å²) in [5.74, 6) is 0. The fourth-order valence-electron chi connectivity index (χ4n) is 3.16. The first-order chi connectivity index (χ1) is 8.02. The van der Waals surface area contributed by atoms with E-state index in [2.05, 4.69) is 24.1 Å². The van der Waals surface area contributed by atoms with E-state index in [0.717, 1.165) is 19.6 Å². The van der Waals surface area contributed by atoms with Gasteiger partial charge in [0.25, 0.3) is 0 Å². The molecule has 1 N–H and O–H groups in total. The van der Waals surface area contributed by atoms with E-state index in [1.165, 1.54) is 25.7 Å². The summed E-state index contributed by atoms with van der Waals surface area (Å²) < 4.78 is 11.5. The predicted molar refractivity (Wildman–Crippen MR) is 73.8 cm³/mol. The maximum Gasteiger partial charge on any atom is 0.0444 e. The number of piperazine rings is 1. The topological polar surface area (TPSA) is 32.3 Å². The van der Waals surface area contributed by atoms with Crippen LogP contribution in [-0.4, -0.2) is 51.8 Å². The van der Waals surface area contributed by atoms with E-state index in [1.807, 2.05) is 6.26 Å². The first-order valence-electron chi connectivity index (χ1n) is 6.84. The zero-order chi connectivity index (χ0) is 12.5. The molecule has 0 aromatic heterocycles. The molecule has 0 aromatic rings. The molecule has 4 heteroatoms. The number of rotatable bonds is 3. The van der Waals surface area contributed by atoms with Gasteiger partial charge in [0.05, 0.1) is 0 Å². The molecule has 3 nitrogen and oxygen atoms in total. The lowest BCUT2D eigenvalue weighted by Gasteiger charge is -2.46. The van der Waals surface area contributed by atoms with Gasteiger partial charge in [-0.15, -0.1) is 0 Å². The average Bonchev–Trinajstić information content (AvgIpc) is 2.72. The lowest BCUT2D eigenvalue weighted by atomic mass is 9.92. The summed E-state index contributed by atoms with van der Waals surface area (Å²) in [6, 6.07) is 0.576. The van der Waals surface area contributed by atoms with Crippen LogP contribution >= 0.6 is 0 Å². The van der Waals surface area contributed by atoms with Gasteiger partial charge in [-0.3, -0.25) is 9.11 Å². The Morgan fingerprint density at radius 2 is 2.12 bits per heavy atom. The van der Waals surface area contributed by atoms with Crippen molar-refractivity contribution in [2.75, 3.05) is 25.9 Å². The molecule has 1 aliphatic heterocycles. The first kappa shape index (κ1) is 13.5. The number of hydrogen-bond acceptors (Lipinski definition) is 3. The van der Waals surface area contributed by atoms with Crippen LogP contribution in [-0.2, 0) is 10.8 Å². The highest BCUT2D eigenvalue weighted by Crippen LogP contribution is 2.33. The number of nitrogens with one attached hydrogen (secondary N) is 1. The third-order valence-electron chi connectivity index (χ3n) is 4.52. The van der Waals surface area contributed by atoms with Crippen LogP contribution in [0.1, 0.15) is 39.5 Å². The van der Waals surface area contributed by atoms with Crippen LogP contribution in [0.15, 0.2) is 0 Å². The van der Waals surface area contributed by atoms with Crippen LogP contribution in [0.5, 0.6) is 0 Å². The van der Waals surface area contributed by atoms with Gasteiger partial charge in [0, 0.05) is 53.5 Å². The highest BCUT2D eigenvalue weighted by atomic mass is 32.2. The monoisotopic (exact) mass is 258 g/mol. The molecule has 3 atom stereocenters. The van der Waals surface area contributed by atoms with Crippen molar-refractivity contribution >= 4 is 10.8 Å². The van der Waals surface area contributed by atoms with E-state index in [9.17, 15) is 4.21 Å². The average molecular weight is 258 g/mol. The van der Waals surface area contributed by atoms with Crippen molar-refractivity contribution in [1.82, 2.24) is 10.2 Å². The Morgan fingerprint density at radius 1 is 1.47 bits per heavy atom. The zero-order valence-corrected chi connectivity index (χ0v) is 12.2. The summed E-state index contributed by atoms with van der Waals surface area (Å²) in [5.41, 5.74) is 0.376. The largest absolute Gasteiger partial charge is 0.308 e. The normalized spacial score (nSPS) is 32.8. The molecular formula is C13H26N2OS. The molecule has 100 valence electrons. The lowest BCUT2D eigenvalue weighted by molar-refractivity contribution is 0.0903. The van der Waals surface area contributed by atoms with Crippen LogP contribution in [0.25, 0.3) is 0 Å². The van der Waals surface area contributed by atoms with Crippen LogP contribution in [0.3, 0.4) is 0 Å². The highest BCUT2D eigenvalue weighted by molar-refractivity contribution is 7.84. The Bertz CT molecular complexity index is 289. The molecule has 0 bridgehead atoms. The minimum Gasteiger partial charge on any atom is -0.308 e. The Kier molecular flexibility index (Phi) is 4.26. The van der Waals surface area contributed by atoms with Crippen LogP contribution in [0.2, 0.25) is 0 Å². The minimum absolute atomic E-state index is 0.286. The molecule has 0 amide bonds. The van der Waals surface area contributed by atoms with Gasteiger partial charge in [-0.2, -0.15) is 0 Å². The summed E-state index contributed by atoms with van der Waals surface area (Å²) in [6.07, 6.45) is 7.19. The molecule has 3 unspecified atom stereocenters. The van der Waals surface area contributed by atoms with Gasteiger partial charge < -0.3 is 5.32 Å². The summed E-state index contributed by atoms with van der Waals surface area (Å²) in [4.78, 5) is 2.55. The fraction of sp³-hybridized carbons (Fsp3) is 1.00. The molecule has 1 heterocycles. The van der Waals surface area contributed by atoms with E-state index in [4.69, 9.17) is 0 Å². The molecular weight excluding hydrogens is 232 g/mol. The Morgan fingerprint density at radius 3 is 2.71 bits per heavy atom. The van der Waals surface area contributed by atoms with Crippen LogP contribution in [0, 0.1) is 0 Å². The van der Waals surface area contributed by atoms with Gasteiger partial charge in [-0.1, -0.05) is 12.8 Å². The second kappa shape index (κ2) is 5.37. The summed E-state index contributed by atoms with van der Waals surface area (Å²) in [6.45, 7) is 7.60. The van der Waals surface area contributed by atoms with Crippen molar-refractivity contribution in [3.63, 3.8) is 0 Å². The van der Waals surface area contributed by atoms with Crippen molar-refractivity contribution in [2.45, 2.75) is 56.4 Å². The van der Waals surface area contributed by atoms with E-state index < -0.39 is 10.8 Å². The Balaban J connectivity index is 1.97. The van der Waals surface area contributed by atoms with Gasteiger partial charge in [0.1, 0.15) is 0 Å². The molecule has 2 rings (SSSR count). The third-order valence-corrected chi connectivity index (χ3v) is 5.80. The molecule has 2 aliphatic rings. The first-order valence-corrected chi connectivity index (χ1v) is 8.46. The molecule has 1 aliphatic carbocycles. The van der Waals surface area contributed by atoms with Gasteiger partial charge >= 0.3 is 0 Å². The molecule has 1 spiro atoms.